The SMILES string of the molecule is FC(c1ccc(-c2ccccc2)cc1)(c1ccc(-c2ccccc2)cc1)C1CCCN1. The van der Waals surface area contributed by atoms with Crippen molar-refractivity contribution in [1.82, 2.24) is 5.32 Å². The Balaban J connectivity index is 1.52. The second-order valence-electron chi connectivity index (χ2n) is 8.25. The number of nitrogens with one attached hydrogen (secondary N) is 1. The first kappa shape index (κ1) is 19.7. The second-order valence-corrected chi connectivity index (χ2v) is 8.25. The first-order chi connectivity index (χ1) is 15.2. The quantitative estimate of drug-likeness (QED) is 0.376. The van der Waals surface area contributed by atoms with Crippen LogP contribution in [-0.4, -0.2) is 12.6 Å². The minimum atomic E-state index is -1.57. The molecule has 0 saturated carbocycles. The lowest BCUT2D eigenvalue weighted by Gasteiger charge is -2.33. The Bertz CT molecular complexity index is 1030. The predicted octanol–water partition coefficient (Wildman–Crippen LogP) is 6.99. The molecule has 1 unspecified atom stereocenters. The minimum absolute atomic E-state index is 0.224. The first-order valence-corrected chi connectivity index (χ1v) is 11.0. The minimum Gasteiger partial charge on any atom is -0.310 e. The Morgan fingerprint density at radius 2 is 1.00 bits per heavy atom. The highest BCUT2D eigenvalue weighted by Gasteiger charge is 2.43. The summed E-state index contributed by atoms with van der Waals surface area (Å²) in [5.41, 5.74) is 4.34. The van der Waals surface area contributed by atoms with E-state index in [4.69, 9.17) is 0 Å². The van der Waals surface area contributed by atoms with Gasteiger partial charge in [0.1, 0.15) is 0 Å². The summed E-state index contributed by atoms with van der Waals surface area (Å²) in [6, 6.07) is 36.2. The van der Waals surface area contributed by atoms with Gasteiger partial charge in [-0.3, -0.25) is 0 Å². The standard InChI is InChI=1S/C29H26FN/c30-29(28-12-7-21-31-28,26-17-13-24(14-18-26)22-8-3-1-4-9-22)27-19-15-25(16-20-27)23-10-5-2-6-11-23/h1-6,8-11,13-20,28,31H,7,12,21H2. The van der Waals surface area contributed by atoms with Crippen LogP contribution in [0.25, 0.3) is 22.3 Å². The maximum Gasteiger partial charge on any atom is 0.176 e. The molecule has 2 heteroatoms. The van der Waals surface area contributed by atoms with E-state index in [1.165, 1.54) is 0 Å². The molecule has 154 valence electrons. The van der Waals surface area contributed by atoms with E-state index < -0.39 is 5.67 Å². The van der Waals surface area contributed by atoms with Gasteiger partial charge in [0.15, 0.2) is 5.67 Å². The average Bonchev–Trinajstić information content (AvgIpc) is 3.41. The Hall–Kier alpha value is -3.23. The molecular weight excluding hydrogens is 381 g/mol. The number of alkyl halides is 1. The molecule has 0 aromatic heterocycles. The maximum absolute atomic E-state index is 17.0. The van der Waals surface area contributed by atoms with Gasteiger partial charge in [0.05, 0.1) is 0 Å². The topological polar surface area (TPSA) is 12.0 Å². The fraction of sp³-hybridized carbons (Fsp3) is 0.172. The molecule has 0 aliphatic carbocycles. The van der Waals surface area contributed by atoms with E-state index in [1.54, 1.807) is 0 Å². The maximum atomic E-state index is 17.0. The highest BCUT2D eigenvalue weighted by Crippen LogP contribution is 2.41. The molecule has 0 spiro atoms. The molecule has 0 bridgehead atoms. The number of rotatable bonds is 5. The zero-order chi connectivity index (χ0) is 21.1. The molecule has 1 heterocycles. The zero-order valence-electron chi connectivity index (χ0n) is 17.5. The highest BCUT2D eigenvalue weighted by molar-refractivity contribution is 5.65. The van der Waals surface area contributed by atoms with E-state index in [9.17, 15) is 0 Å². The van der Waals surface area contributed by atoms with Crippen molar-refractivity contribution in [1.29, 1.82) is 0 Å². The molecular formula is C29H26FN. The lowest BCUT2D eigenvalue weighted by atomic mass is 9.80. The molecule has 1 N–H and O–H groups in total. The number of hydrogen-bond donors (Lipinski definition) is 1. The van der Waals surface area contributed by atoms with Gasteiger partial charge in [0.25, 0.3) is 0 Å². The van der Waals surface area contributed by atoms with Crippen molar-refractivity contribution in [3.8, 4) is 22.3 Å². The first-order valence-electron chi connectivity index (χ1n) is 11.0. The van der Waals surface area contributed by atoms with Crippen molar-refractivity contribution in [2.75, 3.05) is 6.54 Å². The van der Waals surface area contributed by atoms with Crippen LogP contribution in [0.2, 0.25) is 0 Å². The second kappa shape index (κ2) is 8.49. The fourth-order valence-electron chi connectivity index (χ4n) is 4.66. The smallest absolute Gasteiger partial charge is 0.176 e. The van der Waals surface area contributed by atoms with Gasteiger partial charge in [-0.2, -0.15) is 0 Å². The van der Waals surface area contributed by atoms with Gasteiger partial charge in [-0.15, -0.1) is 0 Å². The Morgan fingerprint density at radius 1 is 0.581 bits per heavy atom. The lowest BCUT2D eigenvalue weighted by molar-refractivity contribution is 0.163. The fourth-order valence-corrected chi connectivity index (χ4v) is 4.66. The molecule has 1 atom stereocenters. The van der Waals surface area contributed by atoms with Crippen LogP contribution in [-0.2, 0) is 5.67 Å². The molecule has 0 amide bonds. The van der Waals surface area contributed by atoms with Crippen LogP contribution in [0.15, 0.2) is 109 Å². The van der Waals surface area contributed by atoms with Crippen LogP contribution < -0.4 is 5.32 Å². The summed E-state index contributed by atoms with van der Waals surface area (Å²) in [5, 5.41) is 3.41. The molecule has 1 fully saturated rings. The summed E-state index contributed by atoms with van der Waals surface area (Å²) in [6.45, 7) is 0.862. The Kier molecular flexibility index (Phi) is 5.40. The van der Waals surface area contributed by atoms with Crippen molar-refractivity contribution in [3.63, 3.8) is 0 Å². The van der Waals surface area contributed by atoms with Crippen molar-refractivity contribution < 1.29 is 4.39 Å². The largest absolute Gasteiger partial charge is 0.310 e. The average molecular weight is 408 g/mol. The normalized spacial score (nSPS) is 16.4. The summed E-state index contributed by atoms with van der Waals surface area (Å²) in [5.74, 6) is 0. The van der Waals surface area contributed by atoms with E-state index in [0.717, 1.165) is 41.6 Å². The zero-order valence-corrected chi connectivity index (χ0v) is 17.5. The molecule has 1 nitrogen and oxygen atoms in total. The molecule has 4 aromatic rings. The number of hydrogen-bond acceptors (Lipinski definition) is 1. The number of halogens is 1. The van der Waals surface area contributed by atoms with E-state index in [2.05, 4.69) is 29.6 Å². The van der Waals surface area contributed by atoms with Gasteiger partial charge >= 0.3 is 0 Å². The molecule has 0 radical (unpaired) electrons. The summed E-state index contributed by atoms with van der Waals surface area (Å²) in [6.07, 6.45) is 1.83. The van der Waals surface area contributed by atoms with E-state index in [-0.39, 0.29) is 6.04 Å². The van der Waals surface area contributed by atoms with Crippen LogP contribution in [0.1, 0.15) is 24.0 Å². The van der Waals surface area contributed by atoms with Gasteiger partial charge in [0.2, 0.25) is 0 Å². The van der Waals surface area contributed by atoms with E-state index in [0.29, 0.717) is 11.1 Å². The van der Waals surface area contributed by atoms with Gasteiger partial charge in [0, 0.05) is 6.04 Å². The van der Waals surface area contributed by atoms with Crippen LogP contribution in [0, 0.1) is 0 Å². The van der Waals surface area contributed by atoms with Crippen molar-refractivity contribution >= 4 is 0 Å². The molecule has 1 aliphatic heterocycles. The van der Waals surface area contributed by atoms with E-state index >= 15 is 4.39 Å². The molecule has 5 rings (SSSR count). The third-order valence-corrected chi connectivity index (χ3v) is 6.36. The monoisotopic (exact) mass is 407 g/mol. The van der Waals surface area contributed by atoms with Crippen molar-refractivity contribution in [2.24, 2.45) is 0 Å². The highest BCUT2D eigenvalue weighted by atomic mass is 19.1. The molecule has 1 aliphatic rings. The molecule has 31 heavy (non-hydrogen) atoms. The lowest BCUT2D eigenvalue weighted by Crippen LogP contribution is -2.42. The van der Waals surface area contributed by atoms with Crippen LogP contribution in [0.5, 0.6) is 0 Å². The molecule has 4 aromatic carbocycles. The Labute approximate surface area is 183 Å². The summed E-state index contributed by atoms with van der Waals surface area (Å²) in [4.78, 5) is 0. The summed E-state index contributed by atoms with van der Waals surface area (Å²) in [7, 11) is 0. The third-order valence-electron chi connectivity index (χ3n) is 6.36. The van der Waals surface area contributed by atoms with Gasteiger partial charge in [-0.05, 0) is 52.8 Å². The van der Waals surface area contributed by atoms with Gasteiger partial charge in [-0.25, -0.2) is 4.39 Å². The van der Waals surface area contributed by atoms with Crippen LogP contribution in [0.4, 0.5) is 4.39 Å². The number of benzene rings is 4. The van der Waals surface area contributed by atoms with Gasteiger partial charge < -0.3 is 5.32 Å². The van der Waals surface area contributed by atoms with Crippen molar-refractivity contribution in [3.05, 3.63) is 120 Å². The summed E-state index contributed by atoms with van der Waals surface area (Å²) >= 11 is 0. The van der Waals surface area contributed by atoms with Crippen molar-refractivity contribution in [2.45, 2.75) is 24.6 Å². The van der Waals surface area contributed by atoms with E-state index in [1.807, 2.05) is 84.9 Å². The third kappa shape index (κ3) is 3.80. The predicted molar refractivity (Wildman–Crippen MR) is 127 cm³/mol. The van der Waals surface area contributed by atoms with Crippen LogP contribution in [0.3, 0.4) is 0 Å². The molecule has 1 saturated heterocycles. The Morgan fingerprint density at radius 3 is 1.39 bits per heavy atom. The van der Waals surface area contributed by atoms with Gasteiger partial charge in [-0.1, -0.05) is 109 Å². The summed E-state index contributed by atoms with van der Waals surface area (Å²) < 4.78 is 17.0. The van der Waals surface area contributed by atoms with Crippen LogP contribution >= 0.6 is 0 Å².